The fourth-order valence-electron chi connectivity index (χ4n) is 0.739. The van der Waals surface area contributed by atoms with Crippen LogP contribution >= 0.6 is 0 Å². The Morgan fingerprint density at radius 1 is 1.85 bits per heavy atom. The minimum atomic E-state index is -0.497. The van der Waals surface area contributed by atoms with Gasteiger partial charge in [0.05, 0.1) is 12.3 Å². The van der Waals surface area contributed by atoms with E-state index in [1.807, 2.05) is 0 Å². The van der Waals surface area contributed by atoms with Crippen LogP contribution in [0.1, 0.15) is 6.92 Å². The number of hydrogen-bond acceptors (Lipinski definition) is 5. The minimum Gasteiger partial charge on any atom is -0.393 e. The highest BCUT2D eigenvalue weighted by molar-refractivity contribution is 5.35. The van der Waals surface area contributed by atoms with Gasteiger partial charge in [-0.15, -0.1) is 0 Å². The molecule has 0 fully saturated rings. The molecule has 1 atom stereocenters. The molecule has 0 aliphatic rings. The largest absolute Gasteiger partial charge is 0.393 e. The number of aromatic nitrogens is 2. The average Bonchev–Trinajstić information content (AvgIpc) is 2.07. The number of anilines is 2. The lowest BCUT2D eigenvalue weighted by atomic mass is 10.4. The van der Waals surface area contributed by atoms with Crippen LogP contribution in [-0.4, -0.2) is 27.7 Å². The van der Waals surface area contributed by atoms with Crippen molar-refractivity contribution in [2.24, 2.45) is 0 Å². The van der Waals surface area contributed by atoms with Crippen LogP contribution < -0.4 is 16.6 Å². The molecule has 5 N–H and O–H groups in total. The van der Waals surface area contributed by atoms with Crippen LogP contribution in [0.4, 0.5) is 11.6 Å². The minimum absolute atomic E-state index is 0.0718. The van der Waals surface area contributed by atoms with Gasteiger partial charge in [0.15, 0.2) is 0 Å². The number of nitrogens with two attached hydrogens (primary N) is 1. The van der Waals surface area contributed by atoms with Crippen molar-refractivity contribution in [3.63, 3.8) is 0 Å². The molecule has 1 aromatic rings. The van der Waals surface area contributed by atoms with E-state index in [4.69, 9.17) is 10.8 Å². The van der Waals surface area contributed by atoms with Crippen molar-refractivity contribution in [1.82, 2.24) is 9.97 Å². The van der Waals surface area contributed by atoms with Gasteiger partial charge in [0.1, 0.15) is 5.69 Å². The van der Waals surface area contributed by atoms with E-state index in [-0.39, 0.29) is 11.2 Å². The van der Waals surface area contributed by atoms with E-state index in [9.17, 15) is 4.79 Å². The van der Waals surface area contributed by atoms with Crippen molar-refractivity contribution in [3.8, 4) is 0 Å². The van der Waals surface area contributed by atoms with Crippen molar-refractivity contribution in [2.75, 3.05) is 17.6 Å². The van der Waals surface area contributed by atoms with Crippen molar-refractivity contribution >= 4 is 11.6 Å². The molecule has 72 valence electrons. The first kappa shape index (κ1) is 9.53. The molecule has 0 aliphatic heterocycles. The lowest BCUT2D eigenvalue weighted by Crippen LogP contribution is -2.20. The van der Waals surface area contributed by atoms with E-state index < -0.39 is 6.10 Å². The van der Waals surface area contributed by atoms with Gasteiger partial charge in [-0.1, -0.05) is 0 Å². The fraction of sp³-hybridized carbons (Fsp3) is 0.429. The van der Waals surface area contributed by atoms with Crippen LogP contribution in [0.5, 0.6) is 0 Å². The van der Waals surface area contributed by atoms with Gasteiger partial charge >= 0.3 is 0 Å². The van der Waals surface area contributed by atoms with E-state index >= 15 is 0 Å². The van der Waals surface area contributed by atoms with Gasteiger partial charge in [-0.25, -0.2) is 4.98 Å². The molecule has 1 aromatic heterocycles. The maximum absolute atomic E-state index is 11.0. The Morgan fingerprint density at radius 3 is 3.08 bits per heavy atom. The van der Waals surface area contributed by atoms with Crippen LogP contribution in [0.3, 0.4) is 0 Å². The molecule has 6 heteroatoms. The first-order chi connectivity index (χ1) is 6.09. The third-order valence-corrected chi connectivity index (χ3v) is 1.39. The highest BCUT2D eigenvalue weighted by Crippen LogP contribution is 1.95. The number of aliphatic hydroxyl groups excluding tert-OH is 1. The predicted molar refractivity (Wildman–Crippen MR) is 49.4 cm³/mol. The van der Waals surface area contributed by atoms with Crippen molar-refractivity contribution in [1.29, 1.82) is 0 Å². The Hall–Kier alpha value is -1.56. The second-order valence-corrected chi connectivity index (χ2v) is 2.75. The summed E-state index contributed by atoms with van der Waals surface area (Å²) in [5.41, 5.74) is 4.95. The Morgan fingerprint density at radius 2 is 2.54 bits per heavy atom. The van der Waals surface area contributed by atoms with E-state index in [1.54, 1.807) is 6.92 Å². The molecule has 1 heterocycles. The molecule has 0 bridgehead atoms. The zero-order valence-corrected chi connectivity index (χ0v) is 7.24. The van der Waals surface area contributed by atoms with Gasteiger partial charge in [0, 0.05) is 6.54 Å². The van der Waals surface area contributed by atoms with E-state index in [0.717, 1.165) is 0 Å². The number of nitrogen functional groups attached to an aromatic ring is 1. The summed E-state index contributed by atoms with van der Waals surface area (Å²) in [6.07, 6.45) is 0.770. The van der Waals surface area contributed by atoms with Crippen LogP contribution in [-0.2, 0) is 0 Å². The van der Waals surface area contributed by atoms with Crippen molar-refractivity contribution in [2.45, 2.75) is 13.0 Å². The standard InChI is InChI=1S/C7H12N4O2/c1-4(12)2-9-7-10-3-5(8)6(13)11-7/h3-4,12H,2,8H2,1H3,(H2,9,10,11,13). The van der Waals surface area contributed by atoms with Gasteiger partial charge < -0.3 is 16.2 Å². The summed E-state index contributed by atoms with van der Waals surface area (Å²) in [7, 11) is 0. The Balaban J connectivity index is 2.69. The van der Waals surface area contributed by atoms with Crippen molar-refractivity contribution in [3.05, 3.63) is 16.6 Å². The summed E-state index contributed by atoms with van der Waals surface area (Å²) in [4.78, 5) is 17.2. The first-order valence-corrected chi connectivity index (χ1v) is 3.86. The Labute approximate surface area is 74.8 Å². The van der Waals surface area contributed by atoms with Gasteiger partial charge in [-0.3, -0.25) is 9.78 Å². The fourth-order valence-corrected chi connectivity index (χ4v) is 0.739. The molecule has 1 unspecified atom stereocenters. The molecular formula is C7H12N4O2. The summed E-state index contributed by atoms with van der Waals surface area (Å²) in [6, 6.07) is 0. The SMILES string of the molecule is CC(O)CNc1ncc(N)c(=O)[nH]1. The molecule has 0 saturated carbocycles. The van der Waals surface area contributed by atoms with E-state index in [0.29, 0.717) is 12.5 Å². The number of hydrogen-bond donors (Lipinski definition) is 4. The second kappa shape index (κ2) is 3.90. The highest BCUT2D eigenvalue weighted by Gasteiger charge is 1.99. The summed E-state index contributed by atoms with van der Waals surface area (Å²) < 4.78 is 0. The van der Waals surface area contributed by atoms with Crippen molar-refractivity contribution < 1.29 is 5.11 Å². The summed E-state index contributed by atoms with van der Waals surface area (Å²) in [6.45, 7) is 1.95. The van der Waals surface area contributed by atoms with Gasteiger partial charge in [0.2, 0.25) is 5.95 Å². The number of nitrogens with one attached hydrogen (secondary N) is 2. The van der Waals surface area contributed by atoms with Gasteiger partial charge in [-0.2, -0.15) is 0 Å². The molecular weight excluding hydrogens is 172 g/mol. The van der Waals surface area contributed by atoms with Crippen LogP contribution in [0, 0.1) is 0 Å². The summed E-state index contributed by atoms with van der Waals surface area (Å²) in [5.74, 6) is 0.306. The quantitative estimate of drug-likeness (QED) is 0.489. The summed E-state index contributed by atoms with van der Waals surface area (Å²) in [5, 5.41) is 11.7. The monoisotopic (exact) mass is 184 g/mol. The van der Waals surface area contributed by atoms with E-state index in [1.165, 1.54) is 6.20 Å². The maximum Gasteiger partial charge on any atom is 0.275 e. The molecule has 1 rings (SSSR count). The zero-order valence-electron chi connectivity index (χ0n) is 7.24. The lowest BCUT2D eigenvalue weighted by Gasteiger charge is -2.06. The first-order valence-electron chi connectivity index (χ1n) is 3.86. The molecule has 0 amide bonds. The van der Waals surface area contributed by atoms with Crippen LogP contribution in [0.25, 0.3) is 0 Å². The Bertz CT molecular complexity index is 334. The second-order valence-electron chi connectivity index (χ2n) is 2.75. The number of aromatic amines is 1. The smallest absolute Gasteiger partial charge is 0.275 e. The third-order valence-electron chi connectivity index (χ3n) is 1.39. The number of nitrogens with zero attached hydrogens (tertiary/aromatic N) is 1. The zero-order chi connectivity index (χ0) is 9.84. The molecule has 13 heavy (non-hydrogen) atoms. The molecule has 0 aliphatic carbocycles. The van der Waals surface area contributed by atoms with Gasteiger partial charge in [0.25, 0.3) is 5.56 Å². The van der Waals surface area contributed by atoms with Gasteiger partial charge in [-0.05, 0) is 6.92 Å². The van der Waals surface area contributed by atoms with Crippen LogP contribution in [0.2, 0.25) is 0 Å². The Kier molecular flexibility index (Phi) is 2.86. The number of rotatable bonds is 3. The normalized spacial score (nSPS) is 12.5. The highest BCUT2D eigenvalue weighted by atomic mass is 16.3. The molecule has 0 aromatic carbocycles. The number of H-pyrrole nitrogens is 1. The molecule has 0 radical (unpaired) electrons. The average molecular weight is 184 g/mol. The number of aliphatic hydroxyl groups is 1. The lowest BCUT2D eigenvalue weighted by molar-refractivity contribution is 0.208. The van der Waals surface area contributed by atoms with Crippen LogP contribution in [0.15, 0.2) is 11.0 Å². The topological polar surface area (TPSA) is 104 Å². The molecule has 6 nitrogen and oxygen atoms in total. The molecule has 0 spiro atoms. The molecule has 0 saturated heterocycles. The van der Waals surface area contributed by atoms with E-state index in [2.05, 4.69) is 15.3 Å². The third kappa shape index (κ3) is 2.75. The predicted octanol–water partition coefficient (Wildman–Crippen LogP) is -0.855. The maximum atomic E-state index is 11.0. The summed E-state index contributed by atoms with van der Waals surface area (Å²) >= 11 is 0.